The Bertz CT molecular complexity index is 613. The molecule has 106 valence electrons. The maximum absolute atomic E-state index is 5.69. The number of rotatable bonds is 3. The third kappa shape index (κ3) is 2.48. The maximum Gasteiger partial charge on any atom is 0.242 e. The summed E-state index contributed by atoms with van der Waals surface area (Å²) in [6.45, 7) is 7.76. The average Bonchev–Trinajstić information content (AvgIpc) is 3.04. The Balaban J connectivity index is 1.71. The lowest BCUT2D eigenvalue weighted by molar-refractivity contribution is 0.353. The molecule has 1 N–H and O–H groups in total. The highest BCUT2D eigenvalue weighted by Crippen LogP contribution is 2.29. The first-order valence-electron chi connectivity index (χ1n) is 6.93. The molecule has 0 saturated carbocycles. The van der Waals surface area contributed by atoms with Gasteiger partial charge in [-0.2, -0.15) is 0 Å². The lowest BCUT2D eigenvalue weighted by Crippen LogP contribution is -2.22. The van der Waals surface area contributed by atoms with E-state index < -0.39 is 0 Å². The monoisotopic (exact) mass is 272 g/mol. The van der Waals surface area contributed by atoms with Gasteiger partial charge in [0.15, 0.2) is 0 Å². The van der Waals surface area contributed by atoms with Gasteiger partial charge >= 0.3 is 0 Å². The normalized spacial score (nSPS) is 13.9. The summed E-state index contributed by atoms with van der Waals surface area (Å²) in [5.74, 6) is 1.67. The molecule has 0 atom stereocenters. The molecule has 3 rings (SSSR count). The molecular formula is C15H20N4O. The molecule has 1 aliphatic rings. The smallest absolute Gasteiger partial charge is 0.242 e. The summed E-state index contributed by atoms with van der Waals surface area (Å²) in [7, 11) is 0. The molecule has 5 nitrogen and oxygen atoms in total. The van der Waals surface area contributed by atoms with Gasteiger partial charge in [-0.1, -0.05) is 18.2 Å². The number of anilines is 1. The van der Waals surface area contributed by atoms with Gasteiger partial charge in [-0.3, -0.25) is 0 Å². The molecule has 0 fully saturated rings. The van der Waals surface area contributed by atoms with Crippen LogP contribution < -0.4 is 10.1 Å². The number of hydrogen-bond donors (Lipinski definition) is 1. The predicted molar refractivity (Wildman–Crippen MR) is 78.0 cm³/mol. The van der Waals surface area contributed by atoms with Gasteiger partial charge in [0.25, 0.3) is 0 Å². The van der Waals surface area contributed by atoms with Crippen LogP contribution in [0.25, 0.3) is 0 Å². The van der Waals surface area contributed by atoms with Crippen LogP contribution in [0.15, 0.2) is 24.5 Å². The molecule has 5 heteroatoms. The SMILES string of the molecule is CC(C)(C)n1cnc(NCc2cccc3c2OCC3)n1. The molecule has 0 unspecified atom stereocenters. The van der Waals surface area contributed by atoms with Crippen LogP contribution in [0.4, 0.5) is 5.95 Å². The average molecular weight is 272 g/mol. The lowest BCUT2D eigenvalue weighted by Gasteiger charge is -2.17. The third-order valence-electron chi connectivity index (χ3n) is 3.41. The van der Waals surface area contributed by atoms with Crippen LogP contribution in [0.2, 0.25) is 0 Å². The van der Waals surface area contributed by atoms with Gasteiger partial charge in [0.1, 0.15) is 12.1 Å². The largest absolute Gasteiger partial charge is 0.493 e. The first-order chi connectivity index (χ1) is 9.54. The van der Waals surface area contributed by atoms with E-state index in [2.05, 4.69) is 54.4 Å². The molecule has 0 aliphatic carbocycles. The van der Waals surface area contributed by atoms with E-state index >= 15 is 0 Å². The van der Waals surface area contributed by atoms with E-state index in [9.17, 15) is 0 Å². The van der Waals surface area contributed by atoms with Crippen LogP contribution >= 0.6 is 0 Å². The van der Waals surface area contributed by atoms with E-state index in [1.165, 1.54) is 5.56 Å². The Morgan fingerprint density at radius 2 is 2.20 bits per heavy atom. The lowest BCUT2D eigenvalue weighted by atomic mass is 10.1. The third-order valence-corrected chi connectivity index (χ3v) is 3.41. The van der Waals surface area contributed by atoms with Crippen molar-refractivity contribution in [1.29, 1.82) is 0 Å². The van der Waals surface area contributed by atoms with Crippen molar-refractivity contribution < 1.29 is 4.74 Å². The fraction of sp³-hybridized carbons (Fsp3) is 0.467. The van der Waals surface area contributed by atoms with Crippen LogP contribution in [0, 0.1) is 0 Å². The molecule has 1 aliphatic heterocycles. The Labute approximate surface area is 119 Å². The van der Waals surface area contributed by atoms with E-state index in [0.29, 0.717) is 12.5 Å². The van der Waals surface area contributed by atoms with Crippen molar-refractivity contribution in [1.82, 2.24) is 14.8 Å². The van der Waals surface area contributed by atoms with Crippen LogP contribution in [-0.4, -0.2) is 21.4 Å². The summed E-state index contributed by atoms with van der Waals surface area (Å²) >= 11 is 0. The van der Waals surface area contributed by atoms with Crippen molar-refractivity contribution in [2.45, 2.75) is 39.3 Å². The van der Waals surface area contributed by atoms with Crippen molar-refractivity contribution in [3.8, 4) is 5.75 Å². The minimum Gasteiger partial charge on any atom is -0.493 e. The number of hydrogen-bond acceptors (Lipinski definition) is 4. The summed E-state index contributed by atoms with van der Waals surface area (Å²) in [6, 6.07) is 6.28. The fourth-order valence-electron chi connectivity index (χ4n) is 2.26. The van der Waals surface area contributed by atoms with Crippen LogP contribution in [0.3, 0.4) is 0 Å². The van der Waals surface area contributed by atoms with Gasteiger partial charge in [0.05, 0.1) is 12.1 Å². The second-order valence-corrected chi connectivity index (χ2v) is 6.04. The quantitative estimate of drug-likeness (QED) is 0.933. The molecule has 0 bridgehead atoms. The molecule has 0 saturated heterocycles. The predicted octanol–water partition coefficient (Wildman–Crippen LogP) is 2.58. The number of aromatic nitrogens is 3. The molecule has 0 radical (unpaired) electrons. The summed E-state index contributed by atoms with van der Waals surface area (Å²) in [4.78, 5) is 4.29. The number of benzene rings is 1. The maximum atomic E-state index is 5.69. The highest BCUT2D eigenvalue weighted by molar-refractivity contribution is 5.45. The summed E-state index contributed by atoms with van der Waals surface area (Å²) in [5.41, 5.74) is 2.40. The minimum atomic E-state index is -0.0516. The zero-order chi connectivity index (χ0) is 14.2. The molecular weight excluding hydrogens is 252 g/mol. The van der Waals surface area contributed by atoms with E-state index in [1.54, 1.807) is 6.33 Å². The van der Waals surface area contributed by atoms with Crippen LogP contribution in [0.1, 0.15) is 31.9 Å². The highest BCUT2D eigenvalue weighted by atomic mass is 16.5. The molecule has 1 aromatic carbocycles. The first kappa shape index (κ1) is 13.0. The zero-order valence-corrected chi connectivity index (χ0v) is 12.2. The Morgan fingerprint density at radius 3 is 2.95 bits per heavy atom. The molecule has 0 spiro atoms. The van der Waals surface area contributed by atoms with Crippen molar-refractivity contribution in [3.05, 3.63) is 35.7 Å². The first-order valence-corrected chi connectivity index (χ1v) is 6.93. The van der Waals surface area contributed by atoms with Crippen LogP contribution in [0.5, 0.6) is 5.75 Å². The standard InChI is InChI=1S/C15H20N4O/c1-15(2,3)19-10-17-14(18-19)16-9-12-6-4-5-11-7-8-20-13(11)12/h4-6,10H,7-9H2,1-3H3,(H,16,18). The molecule has 2 aromatic rings. The van der Waals surface area contributed by atoms with Gasteiger partial charge in [0, 0.05) is 18.5 Å². The van der Waals surface area contributed by atoms with Crippen LogP contribution in [-0.2, 0) is 18.5 Å². The summed E-state index contributed by atoms with van der Waals surface area (Å²) < 4.78 is 7.55. The van der Waals surface area contributed by atoms with Gasteiger partial charge in [-0.15, -0.1) is 5.10 Å². The number of ether oxygens (including phenoxy) is 1. The molecule has 0 amide bonds. The zero-order valence-electron chi connectivity index (χ0n) is 12.2. The van der Waals surface area contributed by atoms with E-state index in [4.69, 9.17) is 4.74 Å². The Hall–Kier alpha value is -2.04. The summed E-state index contributed by atoms with van der Waals surface area (Å²) in [6.07, 6.45) is 2.76. The van der Waals surface area contributed by atoms with Gasteiger partial charge in [-0.05, 0) is 26.3 Å². The molecule has 2 heterocycles. The van der Waals surface area contributed by atoms with Crippen molar-refractivity contribution >= 4 is 5.95 Å². The number of nitrogens with zero attached hydrogens (tertiary/aromatic N) is 3. The fourth-order valence-corrected chi connectivity index (χ4v) is 2.26. The number of para-hydroxylation sites is 1. The second kappa shape index (κ2) is 4.81. The topological polar surface area (TPSA) is 52.0 Å². The van der Waals surface area contributed by atoms with E-state index in [-0.39, 0.29) is 5.54 Å². The molecule has 1 aromatic heterocycles. The van der Waals surface area contributed by atoms with Gasteiger partial charge < -0.3 is 10.1 Å². The summed E-state index contributed by atoms with van der Waals surface area (Å²) in [5, 5.41) is 7.70. The highest BCUT2D eigenvalue weighted by Gasteiger charge is 2.17. The minimum absolute atomic E-state index is 0.0516. The van der Waals surface area contributed by atoms with Gasteiger partial charge in [0.2, 0.25) is 5.95 Å². The Kier molecular flexibility index (Phi) is 3.12. The van der Waals surface area contributed by atoms with Crippen molar-refractivity contribution in [3.63, 3.8) is 0 Å². The van der Waals surface area contributed by atoms with E-state index in [1.807, 2.05) is 4.68 Å². The Morgan fingerprint density at radius 1 is 1.35 bits per heavy atom. The van der Waals surface area contributed by atoms with Crippen molar-refractivity contribution in [2.75, 3.05) is 11.9 Å². The number of fused-ring (bicyclic) bond motifs is 1. The van der Waals surface area contributed by atoms with Gasteiger partial charge in [-0.25, -0.2) is 9.67 Å². The molecule has 20 heavy (non-hydrogen) atoms. The van der Waals surface area contributed by atoms with Crippen molar-refractivity contribution in [2.24, 2.45) is 0 Å². The van der Waals surface area contributed by atoms with E-state index in [0.717, 1.165) is 24.3 Å². The number of nitrogens with one attached hydrogen (secondary N) is 1. The second-order valence-electron chi connectivity index (χ2n) is 6.04.